The summed E-state index contributed by atoms with van der Waals surface area (Å²) in [5, 5.41) is 11.3. The molecule has 0 bridgehead atoms. The maximum absolute atomic E-state index is 12.7. The molecule has 0 fully saturated rings. The number of hydrogen-bond acceptors (Lipinski definition) is 3. The molecule has 0 aliphatic rings. The summed E-state index contributed by atoms with van der Waals surface area (Å²) in [6.45, 7) is 6.41. The van der Waals surface area contributed by atoms with Crippen LogP contribution in [0.1, 0.15) is 55.1 Å². The minimum atomic E-state index is -0.501. The Hall–Kier alpha value is -2.75. The number of carbonyl (C=O) groups is 1. The lowest BCUT2D eigenvalue weighted by atomic mass is 9.96. The molecule has 130 valence electrons. The molecule has 0 aliphatic heterocycles. The summed E-state index contributed by atoms with van der Waals surface area (Å²) in [5.41, 5.74) is 2.51. The van der Waals surface area contributed by atoms with Gasteiger partial charge in [0.1, 0.15) is 5.56 Å². The molecular weight excluding hydrogens is 314 g/mol. The highest BCUT2D eigenvalue weighted by atomic mass is 16.6. The van der Waals surface area contributed by atoms with Crippen LogP contribution < -0.4 is 0 Å². The lowest BCUT2D eigenvalue weighted by molar-refractivity contribution is -0.385. The van der Waals surface area contributed by atoms with Crippen molar-refractivity contribution in [2.75, 3.05) is 0 Å². The molecule has 0 saturated heterocycles. The van der Waals surface area contributed by atoms with E-state index in [1.807, 2.05) is 12.1 Å². The number of nitro groups is 1. The predicted octanol–water partition coefficient (Wildman–Crippen LogP) is 5.67. The lowest BCUT2D eigenvalue weighted by Gasteiger charge is -2.09. The van der Waals surface area contributed by atoms with Gasteiger partial charge in [-0.15, -0.1) is 0 Å². The molecule has 0 N–H and O–H groups in total. The summed E-state index contributed by atoms with van der Waals surface area (Å²) < 4.78 is 0. The number of hydrogen-bond donors (Lipinski definition) is 0. The van der Waals surface area contributed by atoms with Crippen molar-refractivity contribution in [3.05, 3.63) is 80.9 Å². The Morgan fingerprint density at radius 2 is 1.84 bits per heavy atom. The van der Waals surface area contributed by atoms with Gasteiger partial charge in [0.25, 0.3) is 5.69 Å². The van der Waals surface area contributed by atoms with Crippen LogP contribution in [-0.2, 0) is 0 Å². The molecule has 2 aromatic carbocycles. The highest BCUT2D eigenvalue weighted by Crippen LogP contribution is 2.26. The van der Waals surface area contributed by atoms with E-state index in [9.17, 15) is 14.9 Å². The molecule has 2 aromatic rings. The summed E-state index contributed by atoms with van der Waals surface area (Å²) in [7, 11) is 0. The quantitative estimate of drug-likeness (QED) is 0.372. The van der Waals surface area contributed by atoms with Crippen LogP contribution in [0.2, 0.25) is 0 Å². The minimum absolute atomic E-state index is 0.130. The van der Waals surface area contributed by atoms with Crippen molar-refractivity contribution >= 4 is 17.5 Å². The first-order chi connectivity index (χ1) is 11.9. The number of benzene rings is 2. The first-order valence-electron chi connectivity index (χ1n) is 8.50. The third-order valence-electron chi connectivity index (χ3n) is 3.99. The number of rotatable bonds is 7. The van der Waals surface area contributed by atoms with Crippen molar-refractivity contribution in [1.29, 1.82) is 0 Å². The highest BCUT2D eigenvalue weighted by Gasteiger charge is 2.21. The van der Waals surface area contributed by atoms with Crippen LogP contribution in [0.5, 0.6) is 0 Å². The number of allylic oxidation sites excluding steroid dienone is 1. The van der Waals surface area contributed by atoms with Gasteiger partial charge in [-0.1, -0.05) is 62.8 Å². The average Bonchev–Trinajstić information content (AvgIpc) is 2.60. The summed E-state index contributed by atoms with van der Waals surface area (Å²) in [6.07, 6.45) is 3.91. The van der Waals surface area contributed by atoms with Crippen LogP contribution in [0.4, 0.5) is 5.69 Å². The Morgan fingerprint density at radius 3 is 2.40 bits per heavy atom. The van der Waals surface area contributed by atoms with Gasteiger partial charge >= 0.3 is 0 Å². The topological polar surface area (TPSA) is 60.2 Å². The van der Waals surface area contributed by atoms with Gasteiger partial charge in [0.05, 0.1) is 4.92 Å². The van der Waals surface area contributed by atoms with Crippen LogP contribution in [0, 0.1) is 16.0 Å². The summed E-state index contributed by atoms with van der Waals surface area (Å²) in [4.78, 5) is 23.6. The molecule has 0 aliphatic carbocycles. The van der Waals surface area contributed by atoms with Gasteiger partial charge in [0, 0.05) is 11.6 Å². The van der Waals surface area contributed by atoms with Gasteiger partial charge in [-0.05, 0) is 36.5 Å². The number of carbonyl (C=O) groups excluding carboxylic acids is 1. The highest BCUT2D eigenvalue weighted by molar-refractivity contribution is 6.11. The normalized spacial score (nSPS) is 11.6. The number of nitrogens with zero attached hydrogens (tertiary/aromatic N) is 1. The van der Waals surface area contributed by atoms with E-state index in [0.717, 1.165) is 18.4 Å². The van der Waals surface area contributed by atoms with E-state index in [0.29, 0.717) is 11.5 Å². The molecule has 0 heterocycles. The molecule has 0 aromatic heterocycles. The van der Waals surface area contributed by atoms with E-state index >= 15 is 0 Å². The second-order valence-corrected chi connectivity index (χ2v) is 6.48. The van der Waals surface area contributed by atoms with E-state index in [4.69, 9.17) is 0 Å². The van der Waals surface area contributed by atoms with Gasteiger partial charge in [-0.3, -0.25) is 14.9 Å². The molecular formula is C21H23NO3. The number of ketones is 1. The maximum atomic E-state index is 12.7. The summed E-state index contributed by atoms with van der Waals surface area (Å²) in [6, 6.07) is 13.4. The van der Waals surface area contributed by atoms with Crippen LogP contribution >= 0.6 is 0 Å². The Balaban J connectivity index is 2.48. The van der Waals surface area contributed by atoms with E-state index in [1.165, 1.54) is 11.6 Å². The molecule has 2 rings (SSSR count). The van der Waals surface area contributed by atoms with Crippen molar-refractivity contribution < 1.29 is 9.72 Å². The van der Waals surface area contributed by atoms with E-state index in [2.05, 4.69) is 20.8 Å². The summed E-state index contributed by atoms with van der Waals surface area (Å²) >= 11 is 0. The standard InChI is InChI=1S/C21H23NO3/c1-4-16(12-15(2)3)13-17-10-11-20(22(24)25)19(14-17)21(23)18-8-6-5-7-9-18/h5-11,13-15H,4,12H2,1-3H3. The smallest absolute Gasteiger partial charge is 0.280 e. The largest absolute Gasteiger partial charge is 0.288 e. The SMILES string of the molecule is CCC(=Cc1ccc([N+](=O)[O-])c(C(=O)c2ccccc2)c1)CC(C)C. The average molecular weight is 337 g/mol. The fourth-order valence-electron chi connectivity index (χ4n) is 2.79. The van der Waals surface area contributed by atoms with E-state index in [1.54, 1.807) is 36.4 Å². The zero-order chi connectivity index (χ0) is 18.4. The fourth-order valence-corrected chi connectivity index (χ4v) is 2.79. The first kappa shape index (κ1) is 18.6. The third kappa shape index (κ3) is 4.86. The Kier molecular flexibility index (Phi) is 6.23. The molecule has 0 radical (unpaired) electrons. The third-order valence-corrected chi connectivity index (χ3v) is 3.99. The molecule has 0 amide bonds. The fraction of sp³-hybridized carbons (Fsp3) is 0.286. The first-order valence-corrected chi connectivity index (χ1v) is 8.50. The second kappa shape index (κ2) is 8.38. The Labute approximate surface area is 148 Å². The Morgan fingerprint density at radius 1 is 1.16 bits per heavy atom. The van der Waals surface area contributed by atoms with Gasteiger partial charge in [-0.2, -0.15) is 0 Å². The molecule has 0 atom stereocenters. The monoisotopic (exact) mass is 337 g/mol. The van der Waals surface area contributed by atoms with Crippen LogP contribution in [-0.4, -0.2) is 10.7 Å². The van der Waals surface area contributed by atoms with Crippen molar-refractivity contribution in [2.45, 2.75) is 33.6 Å². The van der Waals surface area contributed by atoms with Crippen molar-refractivity contribution in [3.8, 4) is 0 Å². The van der Waals surface area contributed by atoms with Gasteiger partial charge in [0.15, 0.2) is 5.78 Å². The van der Waals surface area contributed by atoms with Crippen molar-refractivity contribution in [2.24, 2.45) is 5.92 Å². The van der Waals surface area contributed by atoms with Crippen molar-refractivity contribution in [3.63, 3.8) is 0 Å². The van der Waals surface area contributed by atoms with Crippen LogP contribution in [0.3, 0.4) is 0 Å². The molecule has 4 heteroatoms. The molecule has 4 nitrogen and oxygen atoms in total. The van der Waals surface area contributed by atoms with Gasteiger partial charge in [0.2, 0.25) is 0 Å². The maximum Gasteiger partial charge on any atom is 0.280 e. The van der Waals surface area contributed by atoms with E-state index < -0.39 is 4.92 Å². The molecule has 0 spiro atoms. The van der Waals surface area contributed by atoms with Crippen LogP contribution in [0.15, 0.2) is 54.1 Å². The second-order valence-electron chi connectivity index (χ2n) is 6.48. The van der Waals surface area contributed by atoms with Crippen molar-refractivity contribution in [1.82, 2.24) is 0 Å². The molecule has 0 saturated carbocycles. The Bertz CT molecular complexity index is 792. The minimum Gasteiger partial charge on any atom is -0.288 e. The predicted molar refractivity (Wildman–Crippen MR) is 101 cm³/mol. The van der Waals surface area contributed by atoms with Crippen LogP contribution in [0.25, 0.3) is 6.08 Å². The van der Waals surface area contributed by atoms with Gasteiger partial charge < -0.3 is 0 Å². The lowest BCUT2D eigenvalue weighted by Crippen LogP contribution is -2.06. The van der Waals surface area contributed by atoms with E-state index in [-0.39, 0.29) is 17.0 Å². The zero-order valence-corrected chi connectivity index (χ0v) is 14.9. The zero-order valence-electron chi connectivity index (χ0n) is 14.9. The number of nitro benzene ring substituents is 1. The molecule has 0 unspecified atom stereocenters. The molecule has 25 heavy (non-hydrogen) atoms. The summed E-state index contributed by atoms with van der Waals surface area (Å²) in [5.74, 6) is 0.208. The van der Waals surface area contributed by atoms with Gasteiger partial charge in [-0.25, -0.2) is 0 Å².